The van der Waals surface area contributed by atoms with Crippen molar-refractivity contribution in [2.45, 2.75) is 5.03 Å². The Labute approximate surface area is 196 Å². The SMILES string of the molecule is Cn1c(=O)c2c(SCC(=O)Nc3ccc([N+](=O)[O-])cc3)nc(-c3ccccc3)nc2n(C)c1=O. The average molecular weight is 478 g/mol. The molecule has 2 heterocycles. The Bertz CT molecular complexity index is 1530. The summed E-state index contributed by atoms with van der Waals surface area (Å²) in [6.45, 7) is 0. The molecular weight excluding hydrogens is 460 g/mol. The van der Waals surface area contributed by atoms with Crippen molar-refractivity contribution in [3.63, 3.8) is 0 Å². The Hall–Kier alpha value is -4.32. The van der Waals surface area contributed by atoms with Crippen LogP contribution in [0.5, 0.6) is 0 Å². The number of carbonyl (C=O) groups is 1. The van der Waals surface area contributed by atoms with Crippen molar-refractivity contribution in [2.75, 3.05) is 11.1 Å². The Morgan fingerprint density at radius 1 is 1.03 bits per heavy atom. The number of rotatable bonds is 6. The number of non-ortho nitro benzene ring substituents is 1. The van der Waals surface area contributed by atoms with Gasteiger partial charge in [0.1, 0.15) is 10.4 Å². The number of fused-ring (bicyclic) bond motifs is 1. The van der Waals surface area contributed by atoms with E-state index in [2.05, 4.69) is 15.3 Å². The molecule has 0 aliphatic rings. The second-order valence-corrected chi connectivity index (χ2v) is 8.23. The number of nitrogens with one attached hydrogen (secondary N) is 1. The van der Waals surface area contributed by atoms with Gasteiger partial charge in [0.25, 0.3) is 11.2 Å². The Balaban J connectivity index is 1.69. The van der Waals surface area contributed by atoms with E-state index >= 15 is 0 Å². The van der Waals surface area contributed by atoms with E-state index in [1.165, 1.54) is 42.9 Å². The van der Waals surface area contributed by atoms with Gasteiger partial charge in [0.15, 0.2) is 11.5 Å². The van der Waals surface area contributed by atoms with Gasteiger partial charge in [-0.3, -0.25) is 28.8 Å². The smallest absolute Gasteiger partial charge is 0.325 e. The summed E-state index contributed by atoms with van der Waals surface area (Å²) >= 11 is 1.03. The minimum absolute atomic E-state index is 0.0882. The molecule has 34 heavy (non-hydrogen) atoms. The van der Waals surface area contributed by atoms with Crippen LogP contribution < -0.4 is 16.6 Å². The van der Waals surface area contributed by atoms with Gasteiger partial charge in [-0.25, -0.2) is 14.8 Å². The molecule has 0 saturated heterocycles. The van der Waals surface area contributed by atoms with E-state index in [1.54, 1.807) is 12.1 Å². The molecule has 0 atom stereocenters. The number of nitro groups is 1. The van der Waals surface area contributed by atoms with Crippen LogP contribution in [0.15, 0.2) is 69.2 Å². The van der Waals surface area contributed by atoms with Crippen molar-refractivity contribution in [2.24, 2.45) is 14.1 Å². The zero-order valence-electron chi connectivity index (χ0n) is 18.1. The van der Waals surface area contributed by atoms with Gasteiger partial charge in [-0.15, -0.1) is 0 Å². The van der Waals surface area contributed by atoms with Crippen LogP contribution in [-0.4, -0.2) is 35.7 Å². The lowest BCUT2D eigenvalue weighted by molar-refractivity contribution is -0.384. The summed E-state index contributed by atoms with van der Waals surface area (Å²) in [5.41, 5.74) is 0.0785. The molecule has 0 aliphatic heterocycles. The van der Waals surface area contributed by atoms with E-state index in [9.17, 15) is 24.5 Å². The molecule has 11 nitrogen and oxygen atoms in total. The predicted molar refractivity (Wildman–Crippen MR) is 128 cm³/mol. The molecule has 2 aromatic carbocycles. The summed E-state index contributed by atoms with van der Waals surface area (Å²) in [7, 11) is 2.88. The van der Waals surface area contributed by atoms with E-state index in [-0.39, 0.29) is 27.5 Å². The molecular formula is C22H18N6O5S. The number of benzene rings is 2. The van der Waals surface area contributed by atoms with E-state index in [0.29, 0.717) is 17.1 Å². The number of nitrogens with zero attached hydrogens (tertiary/aromatic N) is 5. The number of nitro benzene ring substituents is 1. The van der Waals surface area contributed by atoms with Gasteiger partial charge in [0, 0.05) is 37.5 Å². The predicted octanol–water partition coefficient (Wildman–Crippen LogP) is 2.33. The van der Waals surface area contributed by atoms with E-state index in [0.717, 1.165) is 16.3 Å². The lowest BCUT2D eigenvalue weighted by atomic mass is 10.2. The van der Waals surface area contributed by atoms with Crippen molar-refractivity contribution in [3.8, 4) is 11.4 Å². The first-order chi connectivity index (χ1) is 16.3. The van der Waals surface area contributed by atoms with Crippen LogP contribution in [0.3, 0.4) is 0 Å². The second kappa shape index (κ2) is 9.27. The Morgan fingerprint density at radius 2 is 1.71 bits per heavy atom. The van der Waals surface area contributed by atoms with Crippen LogP contribution >= 0.6 is 11.8 Å². The molecule has 4 aromatic rings. The number of anilines is 1. The van der Waals surface area contributed by atoms with E-state index < -0.39 is 22.1 Å². The number of hydrogen-bond donors (Lipinski definition) is 1. The van der Waals surface area contributed by atoms with Crippen LogP contribution in [0, 0.1) is 10.1 Å². The van der Waals surface area contributed by atoms with Crippen molar-refractivity contribution in [1.29, 1.82) is 0 Å². The number of carbonyl (C=O) groups excluding carboxylic acids is 1. The molecule has 1 N–H and O–H groups in total. The van der Waals surface area contributed by atoms with Gasteiger partial charge in [-0.1, -0.05) is 42.1 Å². The number of thioether (sulfide) groups is 1. The van der Waals surface area contributed by atoms with Crippen LogP contribution in [0.25, 0.3) is 22.4 Å². The summed E-state index contributed by atoms with van der Waals surface area (Å²) in [5, 5.41) is 13.8. The first-order valence-corrected chi connectivity index (χ1v) is 10.9. The summed E-state index contributed by atoms with van der Waals surface area (Å²) < 4.78 is 2.24. The second-order valence-electron chi connectivity index (χ2n) is 7.26. The van der Waals surface area contributed by atoms with Crippen molar-refractivity contribution < 1.29 is 9.72 Å². The molecule has 0 radical (unpaired) electrons. The lowest BCUT2D eigenvalue weighted by Gasteiger charge is -2.12. The zero-order valence-corrected chi connectivity index (χ0v) is 18.9. The average Bonchev–Trinajstić information content (AvgIpc) is 2.85. The highest BCUT2D eigenvalue weighted by Crippen LogP contribution is 2.26. The maximum absolute atomic E-state index is 12.9. The largest absolute Gasteiger partial charge is 0.332 e. The summed E-state index contributed by atoms with van der Waals surface area (Å²) in [4.78, 5) is 57.1. The zero-order chi connectivity index (χ0) is 24.4. The van der Waals surface area contributed by atoms with Crippen LogP contribution in [0.1, 0.15) is 0 Å². The molecule has 0 bridgehead atoms. The molecule has 12 heteroatoms. The van der Waals surface area contributed by atoms with Gasteiger partial charge in [0.2, 0.25) is 5.91 Å². The van der Waals surface area contributed by atoms with E-state index in [1.807, 2.05) is 18.2 Å². The first kappa shape index (κ1) is 22.9. The van der Waals surface area contributed by atoms with Crippen molar-refractivity contribution in [1.82, 2.24) is 19.1 Å². The third-order valence-corrected chi connectivity index (χ3v) is 5.98. The monoisotopic (exact) mass is 478 g/mol. The molecule has 0 spiro atoms. The van der Waals surface area contributed by atoms with Crippen LogP contribution in [0.4, 0.5) is 11.4 Å². The lowest BCUT2D eigenvalue weighted by Crippen LogP contribution is -2.37. The topological polar surface area (TPSA) is 142 Å². The van der Waals surface area contributed by atoms with Crippen molar-refractivity contribution in [3.05, 3.63) is 85.5 Å². The Morgan fingerprint density at radius 3 is 2.35 bits per heavy atom. The fraction of sp³-hybridized carbons (Fsp3) is 0.136. The minimum Gasteiger partial charge on any atom is -0.325 e. The third kappa shape index (κ3) is 4.43. The van der Waals surface area contributed by atoms with Gasteiger partial charge >= 0.3 is 5.69 Å². The number of aromatic nitrogens is 4. The molecule has 0 saturated carbocycles. The van der Waals surface area contributed by atoms with Gasteiger partial charge in [-0.2, -0.15) is 0 Å². The first-order valence-electron chi connectivity index (χ1n) is 9.96. The number of hydrogen-bond acceptors (Lipinski definition) is 8. The highest BCUT2D eigenvalue weighted by molar-refractivity contribution is 8.00. The summed E-state index contributed by atoms with van der Waals surface area (Å²) in [6, 6.07) is 14.5. The number of aryl methyl sites for hydroxylation is 1. The highest BCUT2D eigenvalue weighted by Gasteiger charge is 2.19. The fourth-order valence-electron chi connectivity index (χ4n) is 3.25. The summed E-state index contributed by atoms with van der Waals surface area (Å²) in [6.07, 6.45) is 0. The molecule has 0 fully saturated rings. The molecule has 2 aromatic heterocycles. The van der Waals surface area contributed by atoms with Crippen molar-refractivity contribution >= 4 is 40.1 Å². The third-order valence-electron chi connectivity index (χ3n) is 5.00. The van der Waals surface area contributed by atoms with Crippen LogP contribution in [-0.2, 0) is 18.9 Å². The quantitative estimate of drug-likeness (QED) is 0.193. The number of amides is 1. The normalized spacial score (nSPS) is 10.9. The Kier molecular flexibility index (Phi) is 6.23. The van der Waals surface area contributed by atoms with Crippen LogP contribution in [0.2, 0.25) is 0 Å². The van der Waals surface area contributed by atoms with Gasteiger partial charge in [0.05, 0.1) is 10.7 Å². The highest BCUT2D eigenvalue weighted by atomic mass is 32.2. The maximum atomic E-state index is 12.9. The summed E-state index contributed by atoms with van der Waals surface area (Å²) in [5.74, 6) is -0.174. The van der Waals surface area contributed by atoms with E-state index in [4.69, 9.17) is 0 Å². The van der Waals surface area contributed by atoms with Gasteiger partial charge in [-0.05, 0) is 12.1 Å². The molecule has 172 valence electrons. The minimum atomic E-state index is -0.559. The standard InChI is InChI=1S/C22H18N6O5S/c1-26-19-17(21(30)27(2)22(26)31)20(25-18(24-19)13-6-4-3-5-7-13)34-12-16(29)23-14-8-10-15(11-9-14)28(32)33/h3-11H,12H2,1-2H3,(H,23,29). The molecule has 4 rings (SSSR count). The molecule has 0 unspecified atom stereocenters. The maximum Gasteiger partial charge on any atom is 0.332 e. The van der Waals surface area contributed by atoms with Gasteiger partial charge < -0.3 is 5.32 Å². The fourth-order valence-corrected chi connectivity index (χ4v) is 4.06. The molecule has 0 aliphatic carbocycles. The molecule has 1 amide bonds.